The van der Waals surface area contributed by atoms with Gasteiger partial charge in [-0.15, -0.1) is 24.2 Å². The molecule has 3 rings (SSSR count). The smallest absolute Gasteiger partial charge is 0.223 e. The summed E-state index contributed by atoms with van der Waals surface area (Å²) < 4.78 is 0. The maximum absolute atomic E-state index is 12.3. The van der Waals surface area contributed by atoms with E-state index in [-0.39, 0.29) is 12.4 Å². The molecule has 1 aromatic carbocycles. The van der Waals surface area contributed by atoms with Crippen LogP contribution >= 0.6 is 35.8 Å². The maximum Gasteiger partial charge on any atom is 0.223 e. The van der Waals surface area contributed by atoms with Gasteiger partial charge >= 0.3 is 0 Å². The van der Waals surface area contributed by atoms with Crippen LogP contribution in [-0.2, 0) is 4.79 Å². The largest absolute Gasteiger partial charge is 0.343 e. The highest BCUT2D eigenvalue weighted by atomic mass is 35.5. The highest BCUT2D eigenvalue weighted by molar-refractivity contribution is 7.99. The number of hydrogen-bond donors (Lipinski definition) is 1. The van der Waals surface area contributed by atoms with Gasteiger partial charge < -0.3 is 10.2 Å². The zero-order chi connectivity index (χ0) is 15.4. The van der Waals surface area contributed by atoms with Crippen molar-refractivity contribution in [3.8, 4) is 0 Å². The molecule has 0 aliphatic carbocycles. The standard InChI is InChI=1S/C17H23ClN2OS.ClH/c18-14-3-1-2-4-15(14)22-12-5-16(21)20-10-7-17(8-11-20)6-9-19-13-17;/h1-4,19H,5-13H2;1H. The third-order valence-corrected chi connectivity index (χ3v) is 6.44. The minimum atomic E-state index is 0. The molecule has 1 N–H and O–H groups in total. The second-order valence-electron chi connectivity index (χ2n) is 6.34. The number of piperidine rings is 1. The fourth-order valence-electron chi connectivity index (χ4n) is 3.42. The number of nitrogens with one attached hydrogen (secondary N) is 1. The molecule has 0 radical (unpaired) electrons. The van der Waals surface area contributed by atoms with E-state index >= 15 is 0 Å². The first-order valence-corrected chi connectivity index (χ1v) is 9.41. The van der Waals surface area contributed by atoms with Gasteiger partial charge in [0.1, 0.15) is 0 Å². The summed E-state index contributed by atoms with van der Waals surface area (Å²) in [5.74, 6) is 1.09. The second-order valence-corrected chi connectivity index (χ2v) is 7.88. The Morgan fingerprint density at radius 3 is 2.65 bits per heavy atom. The minimum Gasteiger partial charge on any atom is -0.343 e. The average molecular weight is 375 g/mol. The molecule has 2 aliphatic heterocycles. The van der Waals surface area contributed by atoms with Crippen LogP contribution < -0.4 is 5.32 Å². The Morgan fingerprint density at radius 1 is 1.26 bits per heavy atom. The lowest BCUT2D eigenvalue weighted by Crippen LogP contribution is -2.44. The van der Waals surface area contributed by atoms with Crippen LogP contribution in [0.3, 0.4) is 0 Å². The molecular formula is C17H24Cl2N2OS. The highest BCUT2D eigenvalue weighted by Gasteiger charge is 2.37. The topological polar surface area (TPSA) is 32.3 Å². The number of carbonyl (C=O) groups is 1. The van der Waals surface area contributed by atoms with Crippen molar-refractivity contribution in [3.63, 3.8) is 0 Å². The average Bonchev–Trinajstić information content (AvgIpc) is 2.98. The van der Waals surface area contributed by atoms with Gasteiger partial charge in [-0.25, -0.2) is 0 Å². The number of hydrogen-bond acceptors (Lipinski definition) is 3. The molecule has 128 valence electrons. The Morgan fingerprint density at radius 2 is 2.00 bits per heavy atom. The van der Waals surface area contributed by atoms with Crippen LogP contribution in [-0.4, -0.2) is 42.7 Å². The maximum atomic E-state index is 12.3. The van der Waals surface area contributed by atoms with Crippen molar-refractivity contribution in [1.82, 2.24) is 10.2 Å². The zero-order valence-electron chi connectivity index (χ0n) is 13.2. The van der Waals surface area contributed by atoms with E-state index in [1.807, 2.05) is 24.3 Å². The highest BCUT2D eigenvalue weighted by Crippen LogP contribution is 2.37. The van der Waals surface area contributed by atoms with Crippen molar-refractivity contribution in [2.24, 2.45) is 5.41 Å². The van der Waals surface area contributed by atoms with E-state index in [1.165, 1.54) is 6.42 Å². The van der Waals surface area contributed by atoms with E-state index < -0.39 is 0 Å². The van der Waals surface area contributed by atoms with Gasteiger partial charge in [-0.05, 0) is 43.4 Å². The molecular weight excluding hydrogens is 351 g/mol. The van der Waals surface area contributed by atoms with Crippen LogP contribution in [0.5, 0.6) is 0 Å². The molecule has 2 aliphatic rings. The van der Waals surface area contributed by atoms with Crippen molar-refractivity contribution < 1.29 is 4.79 Å². The Balaban J connectivity index is 0.00000192. The molecule has 0 atom stereocenters. The number of thioether (sulfide) groups is 1. The van der Waals surface area contributed by atoms with E-state index in [0.29, 0.717) is 17.7 Å². The van der Waals surface area contributed by atoms with Crippen LogP contribution in [0.25, 0.3) is 0 Å². The van der Waals surface area contributed by atoms with Crippen molar-refractivity contribution in [2.75, 3.05) is 31.9 Å². The SMILES string of the molecule is Cl.O=C(CCSc1ccccc1Cl)N1CCC2(CCNC2)CC1. The van der Waals surface area contributed by atoms with E-state index in [1.54, 1.807) is 11.8 Å². The molecule has 0 saturated carbocycles. The molecule has 0 bridgehead atoms. The molecule has 2 heterocycles. The molecule has 1 aromatic rings. The molecule has 1 amide bonds. The van der Waals surface area contributed by atoms with E-state index in [9.17, 15) is 4.79 Å². The summed E-state index contributed by atoms with van der Waals surface area (Å²) in [6.07, 6.45) is 4.19. The van der Waals surface area contributed by atoms with Crippen LogP contribution in [0.15, 0.2) is 29.2 Å². The zero-order valence-corrected chi connectivity index (χ0v) is 15.6. The normalized spacial score (nSPS) is 19.6. The van der Waals surface area contributed by atoms with Gasteiger partial charge in [0.2, 0.25) is 5.91 Å². The molecule has 0 aromatic heterocycles. The van der Waals surface area contributed by atoms with Crippen LogP contribution in [0.2, 0.25) is 5.02 Å². The molecule has 2 fully saturated rings. The van der Waals surface area contributed by atoms with Gasteiger partial charge in [-0.3, -0.25) is 4.79 Å². The molecule has 0 unspecified atom stereocenters. The monoisotopic (exact) mass is 374 g/mol. The van der Waals surface area contributed by atoms with Gasteiger partial charge in [0.15, 0.2) is 0 Å². The summed E-state index contributed by atoms with van der Waals surface area (Å²) in [6.45, 7) is 4.13. The number of benzene rings is 1. The summed E-state index contributed by atoms with van der Waals surface area (Å²) in [4.78, 5) is 15.5. The Labute approximate surface area is 153 Å². The number of amides is 1. The fourth-order valence-corrected chi connectivity index (χ4v) is 4.60. The van der Waals surface area contributed by atoms with Crippen LogP contribution in [0, 0.1) is 5.41 Å². The van der Waals surface area contributed by atoms with Gasteiger partial charge in [0, 0.05) is 36.7 Å². The first-order valence-electron chi connectivity index (χ1n) is 8.04. The predicted molar refractivity (Wildman–Crippen MR) is 99.8 cm³/mol. The number of rotatable bonds is 4. The van der Waals surface area contributed by atoms with Gasteiger partial charge in [0.05, 0.1) is 5.02 Å². The molecule has 1 spiro atoms. The molecule has 2 saturated heterocycles. The second kappa shape index (κ2) is 8.61. The van der Waals surface area contributed by atoms with Gasteiger partial charge in [0.25, 0.3) is 0 Å². The quantitative estimate of drug-likeness (QED) is 0.812. The number of nitrogens with zero attached hydrogens (tertiary/aromatic N) is 1. The Bertz CT molecular complexity index is 525. The lowest BCUT2D eigenvalue weighted by atomic mass is 9.78. The number of likely N-dealkylation sites (tertiary alicyclic amines) is 1. The molecule has 3 nitrogen and oxygen atoms in total. The van der Waals surface area contributed by atoms with E-state index in [0.717, 1.165) is 54.7 Å². The minimum absolute atomic E-state index is 0. The van der Waals surface area contributed by atoms with Crippen molar-refractivity contribution in [3.05, 3.63) is 29.3 Å². The summed E-state index contributed by atoms with van der Waals surface area (Å²) in [5.41, 5.74) is 0.475. The van der Waals surface area contributed by atoms with Crippen molar-refractivity contribution >= 4 is 41.7 Å². The lowest BCUT2D eigenvalue weighted by molar-refractivity contribution is -0.132. The van der Waals surface area contributed by atoms with Crippen LogP contribution in [0.1, 0.15) is 25.7 Å². The number of halogens is 2. The molecule has 6 heteroatoms. The molecule has 23 heavy (non-hydrogen) atoms. The number of carbonyl (C=O) groups excluding carboxylic acids is 1. The van der Waals surface area contributed by atoms with Crippen molar-refractivity contribution in [1.29, 1.82) is 0 Å². The third kappa shape index (κ3) is 4.79. The first-order chi connectivity index (χ1) is 10.7. The van der Waals surface area contributed by atoms with Crippen LogP contribution in [0.4, 0.5) is 0 Å². The predicted octanol–water partition coefficient (Wildman–Crippen LogP) is 3.85. The van der Waals surface area contributed by atoms with Gasteiger partial charge in [-0.1, -0.05) is 23.7 Å². The Kier molecular flexibility index (Phi) is 7.08. The lowest BCUT2D eigenvalue weighted by Gasteiger charge is -2.39. The summed E-state index contributed by atoms with van der Waals surface area (Å²) in [7, 11) is 0. The first kappa shape index (κ1) is 18.9. The summed E-state index contributed by atoms with van der Waals surface area (Å²) >= 11 is 7.80. The summed E-state index contributed by atoms with van der Waals surface area (Å²) in [5, 5.41) is 4.24. The fraction of sp³-hybridized carbons (Fsp3) is 0.588. The Hall–Kier alpha value is -0.420. The van der Waals surface area contributed by atoms with Crippen molar-refractivity contribution in [2.45, 2.75) is 30.6 Å². The third-order valence-electron chi connectivity index (χ3n) is 4.92. The van der Waals surface area contributed by atoms with E-state index in [2.05, 4.69) is 10.2 Å². The van der Waals surface area contributed by atoms with Gasteiger partial charge in [-0.2, -0.15) is 0 Å². The summed E-state index contributed by atoms with van der Waals surface area (Å²) in [6, 6.07) is 7.81. The van der Waals surface area contributed by atoms with E-state index in [4.69, 9.17) is 11.6 Å².